The molecular formula is C23H23FN4O5. The molecule has 0 aliphatic carbocycles. The summed E-state index contributed by atoms with van der Waals surface area (Å²) < 4.78 is 20.9. The van der Waals surface area contributed by atoms with Gasteiger partial charge in [-0.15, -0.1) is 0 Å². The molecule has 0 saturated carbocycles. The Labute approximate surface area is 188 Å². The predicted octanol–water partition coefficient (Wildman–Crippen LogP) is 1.79. The highest BCUT2D eigenvalue weighted by atomic mass is 19.1. The molecule has 1 saturated heterocycles. The number of ether oxygens (including phenoxy) is 1. The van der Waals surface area contributed by atoms with Crippen LogP contribution in [0.5, 0.6) is 0 Å². The van der Waals surface area contributed by atoms with Crippen molar-refractivity contribution in [2.75, 3.05) is 32.8 Å². The first-order chi connectivity index (χ1) is 15.9. The van der Waals surface area contributed by atoms with Gasteiger partial charge in [0.2, 0.25) is 0 Å². The van der Waals surface area contributed by atoms with Gasteiger partial charge in [-0.3, -0.25) is 19.1 Å². The second-order valence-electron chi connectivity index (χ2n) is 7.65. The van der Waals surface area contributed by atoms with Gasteiger partial charge in [0.25, 0.3) is 11.5 Å². The molecule has 1 N–H and O–H groups in total. The van der Waals surface area contributed by atoms with Crippen LogP contribution >= 0.6 is 0 Å². The van der Waals surface area contributed by atoms with Gasteiger partial charge in [0, 0.05) is 26.2 Å². The number of rotatable bonds is 4. The highest BCUT2D eigenvalue weighted by molar-refractivity contribution is 5.95. The third-order valence-corrected chi connectivity index (χ3v) is 5.60. The van der Waals surface area contributed by atoms with E-state index in [1.807, 2.05) is 0 Å². The van der Waals surface area contributed by atoms with E-state index in [0.29, 0.717) is 29.6 Å². The molecule has 10 heteroatoms. The van der Waals surface area contributed by atoms with Gasteiger partial charge in [-0.05, 0) is 36.8 Å². The quantitative estimate of drug-likeness (QED) is 0.647. The van der Waals surface area contributed by atoms with E-state index in [2.05, 4.69) is 4.98 Å². The molecule has 0 bridgehead atoms. The number of amides is 2. The van der Waals surface area contributed by atoms with Crippen molar-refractivity contribution in [3.8, 4) is 0 Å². The lowest BCUT2D eigenvalue weighted by Crippen LogP contribution is -2.50. The normalized spacial score (nSPS) is 13.9. The molecule has 172 valence electrons. The first-order valence-electron chi connectivity index (χ1n) is 10.6. The smallest absolute Gasteiger partial charge is 0.409 e. The zero-order valence-electron chi connectivity index (χ0n) is 18.0. The third kappa shape index (κ3) is 4.50. The summed E-state index contributed by atoms with van der Waals surface area (Å²) in [6.45, 7) is 3.14. The van der Waals surface area contributed by atoms with Crippen LogP contribution in [0.1, 0.15) is 22.8 Å². The van der Waals surface area contributed by atoms with E-state index < -0.39 is 29.1 Å². The van der Waals surface area contributed by atoms with Gasteiger partial charge < -0.3 is 14.5 Å². The number of H-pyrrole nitrogens is 1. The maximum absolute atomic E-state index is 14.6. The van der Waals surface area contributed by atoms with Crippen LogP contribution in [0, 0.1) is 5.82 Å². The molecule has 1 aliphatic heterocycles. The molecular weight excluding hydrogens is 431 g/mol. The molecule has 1 aliphatic rings. The summed E-state index contributed by atoms with van der Waals surface area (Å²) in [5.41, 5.74) is -0.212. The fourth-order valence-electron chi connectivity index (χ4n) is 3.89. The second-order valence-corrected chi connectivity index (χ2v) is 7.65. The molecule has 2 amide bonds. The van der Waals surface area contributed by atoms with Crippen molar-refractivity contribution in [1.82, 2.24) is 19.4 Å². The summed E-state index contributed by atoms with van der Waals surface area (Å²) in [5, 5.41) is 0.356. The number of halogens is 1. The Balaban J connectivity index is 1.57. The van der Waals surface area contributed by atoms with Crippen molar-refractivity contribution < 1.29 is 18.7 Å². The fraction of sp³-hybridized carbons (Fsp3) is 0.304. The van der Waals surface area contributed by atoms with Crippen LogP contribution in [-0.2, 0) is 11.3 Å². The van der Waals surface area contributed by atoms with Crippen molar-refractivity contribution in [1.29, 1.82) is 0 Å². The van der Waals surface area contributed by atoms with Crippen LogP contribution in [0.4, 0.5) is 9.18 Å². The maximum Gasteiger partial charge on any atom is 0.409 e. The van der Waals surface area contributed by atoms with E-state index in [1.54, 1.807) is 31.2 Å². The molecule has 0 spiro atoms. The van der Waals surface area contributed by atoms with E-state index in [1.165, 1.54) is 32.6 Å². The fourth-order valence-corrected chi connectivity index (χ4v) is 3.89. The van der Waals surface area contributed by atoms with E-state index in [4.69, 9.17) is 4.74 Å². The van der Waals surface area contributed by atoms with Crippen LogP contribution in [0.2, 0.25) is 0 Å². The summed E-state index contributed by atoms with van der Waals surface area (Å²) in [4.78, 5) is 54.6. The number of carbonyl (C=O) groups excluding carboxylic acids is 2. The Morgan fingerprint density at radius 2 is 1.73 bits per heavy atom. The maximum atomic E-state index is 14.6. The first-order valence-corrected chi connectivity index (χ1v) is 10.6. The van der Waals surface area contributed by atoms with Gasteiger partial charge in [-0.25, -0.2) is 14.0 Å². The molecule has 33 heavy (non-hydrogen) atoms. The Morgan fingerprint density at radius 3 is 2.45 bits per heavy atom. The van der Waals surface area contributed by atoms with Gasteiger partial charge in [0.15, 0.2) is 0 Å². The molecule has 4 rings (SSSR count). The number of carbonyl (C=O) groups is 2. The van der Waals surface area contributed by atoms with E-state index in [-0.39, 0.29) is 31.8 Å². The van der Waals surface area contributed by atoms with Gasteiger partial charge in [-0.2, -0.15) is 0 Å². The summed E-state index contributed by atoms with van der Waals surface area (Å²) in [6, 6.07) is 10.8. The van der Waals surface area contributed by atoms with Crippen molar-refractivity contribution in [2.45, 2.75) is 13.5 Å². The average Bonchev–Trinajstić information content (AvgIpc) is 2.82. The van der Waals surface area contributed by atoms with Crippen LogP contribution in [0.15, 0.2) is 52.1 Å². The minimum Gasteiger partial charge on any atom is -0.450 e. The number of aromatic nitrogens is 2. The summed E-state index contributed by atoms with van der Waals surface area (Å²) in [5.74, 6) is -1.16. The largest absolute Gasteiger partial charge is 0.450 e. The zero-order chi connectivity index (χ0) is 23.5. The van der Waals surface area contributed by atoms with Crippen molar-refractivity contribution >= 4 is 22.9 Å². The lowest BCUT2D eigenvalue weighted by molar-refractivity contribution is 0.0566. The summed E-state index contributed by atoms with van der Waals surface area (Å²) in [6.07, 6.45) is -0.434. The molecule has 0 radical (unpaired) electrons. The topological polar surface area (TPSA) is 105 Å². The third-order valence-electron chi connectivity index (χ3n) is 5.60. The number of nitrogens with one attached hydrogen (secondary N) is 1. The molecule has 3 aromatic rings. The minimum absolute atomic E-state index is 0.0489. The number of hydrogen-bond donors (Lipinski definition) is 1. The van der Waals surface area contributed by atoms with Crippen LogP contribution in [-0.4, -0.2) is 64.1 Å². The average molecular weight is 454 g/mol. The van der Waals surface area contributed by atoms with Gasteiger partial charge >= 0.3 is 11.8 Å². The van der Waals surface area contributed by atoms with Gasteiger partial charge in [0.1, 0.15) is 5.82 Å². The van der Waals surface area contributed by atoms with Crippen LogP contribution in [0.25, 0.3) is 10.9 Å². The predicted molar refractivity (Wildman–Crippen MR) is 119 cm³/mol. The monoisotopic (exact) mass is 454 g/mol. The van der Waals surface area contributed by atoms with Crippen molar-refractivity contribution in [3.63, 3.8) is 0 Å². The van der Waals surface area contributed by atoms with E-state index >= 15 is 0 Å². The second kappa shape index (κ2) is 9.27. The zero-order valence-corrected chi connectivity index (χ0v) is 18.0. The lowest BCUT2D eigenvalue weighted by atomic mass is 10.1. The number of para-hydroxylation sites is 1. The molecule has 9 nitrogen and oxygen atoms in total. The molecule has 1 fully saturated rings. The molecule has 2 aromatic carbocycles. The number of nitrogens with zero attached hydrogens (tertiary/aromatic N) is 3. The van der Waals surface area contributed by atoms with Crippen molar-refractivity contribution in [3.05, 3.63) is 80.2 Å². The molecule has 0 unspecified atom stereocenters. The number of hydrogen-bond acceptors (Lipinski definition) is 5. The van der Waals surface area contributed by atoms with E-state index in [0.717, 1.165) is 0 Å². The molecule has 0 atom stereocenters. The van der Waals surface area contributed by atoms with Gasteiger partial charge in [-0.1, -0.05) is 18.2 Å². The molecule has 2 heterocycles. The van der Waals surface area contributed by atoms with E-state index in [9.17, 15) is 23.6 Å². The van der Waals surface area contributed by atoms with Crippen LogP contribution < -0.4 is 11.2 Å². The first kappa shape index (κ1) is 22.3. The Kier molecular flexibility index (Phi) is 6.25. The summed E-state index contributed by atoms with van der Waals surface area (Å²) in [7, 11) is 0. The lowest BCUT2D eigenvalue weighted by Gasteiger charge is -2.34. The standard InChI is InChI=1S/C23H23FN4O5/c1-2-33-23(32)27-11-9-26(10-12-27)21(30)17-13-15(7-8-18(17)24)14-28-19-6-4-3-5-16(19)20(29)25-22(28)31/h3-8,13H,2,9-12,14H2,1H3,(H,25,29,31). The van der Waals surface area contributed by atoms with Gasteiger partial charge in [0.05, 0.1) is 29.6 Å². The minimum atomic E-state index is -0.671. The number of piperazine rings is 1. The summed E-state index contributed by atoms with van der Waals surface area (Å²) >= 11 is 0. The Morgan fingerprint density at radius 1 is 1.03 bits per heavy atom. The Bertz CT molecular complexity index is 1320. The highest BCUT2D eigenvalue weighted by Gasteiger charge is 2.27. The van der Waals surface area contributed by atoms with Crippen molar-refractivity contribution in [2.24, 2.45) is 0 Å². The number of fused-ring (bicyclic) bond motifs is 1. The highest BCUT2D eigenvalue weighted by Crippen LogP contribution is 2.17. The SMILES string of the molecule is CCOC(=O)N1CCN(C(=O)c2cc(Cn3c(=O)[nH]c(=O)c4ccccc43)ccc2F)CC1. The number of benzene rings is 2. The van der Waals surface area contributed by atoms with Crippen LogP contribution in [0.3, 0.4) is 0 Å². The molecule has 1 aromatic heterocycles. The number of aromatic amines is 1. The Hall–Kier alpha value is -3.95.